The topological polar surface area (TPSA) is 23.6 Å². The fourth-order valence-electron chi connectivity index (χ4n) is 1.62. The number of rotatable bonds is 2. The van der Waals surface area contributed by atoms with Crippen molar-refractivity contribution in [1.82, 2.24) is 9.80 Å². The van der Waals surface area contributed by atoms with Crippen LogP contribution < -0.4 is 0 Å². The zero-order valence-corrected chi connectivity index (χ0v) is 9.08. The van der Waals surface area contributed by atoms with Crippen molar-refractivity contribution in [3.05, 3.63) is 0 Å². The Morgan fingerprint density at radius 2 is 2.15 bits per heavy atom. The predicted molar refractivity (Wildman–Crippen MR) is 53.5 cm³/mol. The molecule has 2 atom stereocenters. The summed E-state index contributed by atoms with van der Waals surface area (Å²) in [5, 5.41) is 0. The van der Waals surface area contributed by atoms with Gasteiger partial charge in [-0.05, 0) is 33.4 Å². The standard InChI is InChI=1S/C10H20N2O/c1-8-5-6-12(7-8)10(13)9(2)11(3)4/h8-9H,5-7H2,1-4H3. The minimum atomic E-state index is 0.0188. The number of carbonyl (C=O) groups excluding carboxylic acids is 1. The summed E-state index contributed by atoms with van der Waals surface area (Å²) in [7, 11) is 3.89. The zero-order chi connectivity index (χ0) is 10.0. The molecule has 0 radical (unpaired) electrons. The largest absolute Gasteiger partial charge is 0.341 e. The van der Waals surface area contributed by atoms with Gasteiger partial charge in [-0.1, -0.05) is 6.92 Å². The van der Waals surface area contributed by atoms with Crippen LogP contribution in [0.4, 0.5) is 0 Å². The van der Waals surface area contributed by atoms with Crippen molar-refractivity contribution in [2.45, 2.75) is 26.3 Å². The van der Waals surface area contributed by atoms with Crippen LogP contribution in [-0.2, 0) is 4.79 Å². The quantitative estimate of drug-likeness (QED) is 0.634. The van der Waals surface area contributed by atoms with Gasteiger partial charge >= 0.3 is 0 Å². The molecule has 1 rings (SSSR count). The van der Waals surface area contributed by atoms with E-state index in [1.807, 2.05) is 30.8 Å². The summed E-state index contributed by atoms with van der Waals surface area (Å²) >= 11 is 0. The number of carbonyl (C=O) groups is 1. The van der Waals surface area contributed by atoms with Gasteiger partial charge in [0.05, 0.1) is 6.04 Å². The van der Waals surface area contributed by atoms with Crippen molar-refractivity contribution in [3.8, 4) is 0 Å². The minimum Gasteiger partial charge on any atom is -0.341 e. The average molecular weight is 184 g/mol. The SMILES string of the molecule is CC1CCN(C(=O)C(C)N(C)C)C1. The molecule has 1 amide bonds. The summed E-state index contributed by atoms with van der Waals surface area (Å²) in [6, 6.07) is 0.0188. The molecular formula is C10H20N2O. The first kappa shape index (κ1) is 10.5. The van der Waals surface area contributed by atoms with Crippen molar-refractivity contribution < 1.29 is 4.79 Å². The van der Waals surface area contributed by atoms with Crippen LogP contribution in [0.2, 0.25) is 0 Å². The molecule has 0 aliphatic carbocycles. The van der Waals surface area contributed by atoms with Gasteiger partial charge in [-0.2, -0.15) is 0 Å². The Bertz CT molecular complexity index is 191. The fraction of sp³-hybridized carbons (Fsp3) is 0.900. The molecular weight excluding hydrogens is 164 g/mol. The summed E-state index contributed by atoms with van der Waals surface area (Å²) in [6.45, 7) is 6.05. The van der Waals surface area contributed by atoms with Crippen molar-refractivity contribution in [2.24, 2.45) is 5.92 Å². The maximum Gasteiger partial charge on any atom is 0.239 e. The van der Waals surface area contributed by atoms with E-state index in [0.29, 0.717) is 5.92 Å². The van der Waals surface area contributed by atoms with Crippen LogP contribution in [-0.4, -0.2) is 48.9 Å². The Morgan fingerprint density at radius 1 is 1.54 bits per heavy atom. The van der Waals surface area contributed by atoms with Crippen LogP contribution in [0.15, 0.2) is 0 Å². The molecule has 2 unspecified atom stereocenters. The molecule has 3 heteroatoms. The van der Waals surface area contributed by atoms with Gasteiger partial charge in [-0.3, -0.25) is 9.69 Å². The Hall–Kier alpha value is -0.570. The van der Waals surface area contributed by atoms with Crippen LogP contribution in [0.3, 0.4) is 0 Å². The second-order valence-corrected chi connectivity index (χ2v) is 4.32. The third-order valence-electron chi connectivity index (χ3n) is 2.87. The summed E-state index contributed by atoms with van der Waals surface area (Å²) in [4.78, 5) is 15.8. The Balaban J connectivity index is 2.48. The van der Waals surface area contributed by atoms with Gasteiger partial charge < -0.3 is 4.90 Å². The van der Waals surface area contributed by atoms with E-state index in [0.717, 1.165) is 19.5 Å². The van der Waals surface area contributed by atoms with Crippen molar-refractivity contribution in [1.29, 1.82) is 0 Å². The second-order valence-electron chi connectivity index (χ2n) is 4.32. The number of likely N-dealkylation sites (tertiary alicyclic amines) is 1. The monoisotopic (exact) mass is 184 g/mol. The Labute approximate surface area is 80.7 Å². The normalized spacial score (nSPS) is 25.3. The first-order valence-corrected chi connectivity index (χ1v) is 4.97. The van der Waals surface area contributed by atoms with E-state index in [1.165, 1.54) is 0 Å². The summed E-state index contributed by atoms with van der Waals surface area (Å²) in [5.41, 5.74) is 0. The second kappa shape index (κ2) is 4.09. The number of nitrogens with zero attached hydrogens (tertiary/aromatic N) is 2. The third kappa shape index (κ3) is 2.44. The Kier molecular flexibility index (Phi) is 3.31. The van der Waals surface area contributed by atoms with Gasteiger partial charge in [0.15, 0.2) is 0 Å². The van der Waals surface area contributed by atoms with Crippen molar-refractivity contribution in [2.75, 3.05) is 27.2 Å². The molecule has 1 aliphatic heterocycles. The van der Waals surface area contributed by atoms with E-state index < -0.39 is 0 Å². The van der Waals surface area contributed by atoms with E-state index in [9.17, 15) is 4.79 Å². The van der Waals surface area contributed by atoms with Crippen LogP contribution in [0.1, 0.15) is 20.3 Å². The highest BCUT2D eigenvalue weighted by molar-refractivity contribution is 5.81. The molecule has 0 aromatic carbocycles. The molecule has 1 heterocycles. The highest BCUT2D eigenvalue weighted by Crippen LogP contribution is 2.16. The number of hydrogen-bond donors (Lipinski definition) is 0. The minimum absolute atomic E-state index is 0.0188. The molecule has 3 nitrogen and oxygen atoms in total. The molecule has 1 aliphatic rings. The Morgan fingerprint density at radius 3 is 2.54 bits per heavy atom. The number of likely N-dealkylation sites (N-methyl/N-ethyl adjacent to an activating group) is 1. The first-order valence-electron chi connectivity index (χ1n) is 4.97. The van der Waals surface area contributed by atoms with Gasteiger partial charge in [-0.25, -0.2) is 0 Å². The summed E-state index contributed by atoms with van der Waals surface area (Å²) < 4.78 is 0. The molecule has 0 N–H and O–H groups in total. The van der Waals surface area contributed by atoms with Gasteiger partial charge in [0, 0.05) is 13.1 Å². The molecule has 0 bridgehead atoms. The molecule has 0 aromatic rings. The van der Waals surface area contributed by atoms with Gasteiger partial charge in [0.25, 0.3) is 0 Å². The molecule has 1 saturated heterocycles. The molecule has 1 fully saturated rings. The maximum atomic E-state index is 11.8. The van der Waals surface area contributed by atoms with E-state index >= 15 is 0 Å². The van der Waals surface area contributed by atoms with Crippen LogP contribution in [0.25, 0.3) is 0 Å². The van der Waals surface area contributed by atoms with Crippen LogP contribution in [0, 0.1) is 5.92 Å². The lowest BCUT2D eigenvalue weighted by Gasteiger charge is -2.25. The number of hydrogen-bond acceptors (Lipinski definition) is 2. The van der Waals surface area contributed by atoms with Crippen LogP contribution >= 0.6 is 0 Å². The molecule has 0 spiro atoms. The van der Waals surface area contributed by atoms with E-state index in [1.54, 1.807) is 0 Å². The van der Waals surface area contributed by atoms with Crippen LogP contribution in [0.5, 0.6) is 0 Å². The lowest BCUT2D eigenvalue weighted by Crippen LogP contribution is -2.43. The molecule has 0 aromatic heterocycles. The lowest BCUT2D eigenvalue weighted by atomic mass is 10.2. The van der Waals surface area contributed by atoms with E-state index in [-0.39, 0.29) is 11.9 Å². The summed E-state index contributed by atoms with van der Waals surface area (Å²) in [5.74, 6) is 0.952. The lowest BCUT2D eigenvalue weighted by molar-refractivity contribution is -0.134. The molecule has 13 heavy (non-hydrogen) atoms. The zero-order valence-electron chi connectivity index (χ0n) is 9.08. The smallest absolute Gasteiger partial charge is 0.239 e. The predicted octanol–water partition coefficient (Wildman–Crippen LogP) is 0.805. The first-order chi connectivity index (χ1) is 6.02. The molecule has 0 saturated carbocycles. The van der Waals surface area contributed by atoms with Gasteiger partial charge in [0.1, 0.15) is 0 Å². The highest BCUT2D eigenvalue weighted by atomic mass is 16.2. The van der Waals surface area contributed by atoms with Crippen molar-refractivity contribution >= 4 is 5.91 Å². The highest BCUT2D eigenvalue weighted by Gasteiger charge is 2.27. The number of amides is 1. The maximum absolute atomic E-state index is 11.8. The van der Waals surface area contributed by atoms with E-state index in [2.05, 4.69) is 6.92 Å². The summed E-state index contributed by atoms with van der Waals surface area (Å²) in [6.07, 6.45) is 1.16. The third-order valence-corrected chi connectivity index (χ3v) is 2.87. The van der Waals surface area contributed by atoms with Gasteiger partial charge in [-0.15, -0.1) is 0 Å². The fourth-order valence-corrected chi connectivity index (χ4v) is 1.62. The van der Waals surface area contributed by atoms with Gasteiger partial charge in [0.2, 0.25) is 5.91 Å². The van der Waals surface area contributed by atoms with Crippen molar-refractivity contribution in [3.63, 3.8) is 0 Å². The molecule has 76 valence electrons. The van der Waals surface area contributed by atoms with E-state index in [4.69, 9.17) is 0 Å². The average Bonchev–Trinajstić information content (AvgIpc) is 2.49.